The molecule has 1 heterocycles. The molecule has 200 valence electrons. The summed E-state index contributed by atoms with van der Waals surface area (Å²) in [5.41, 5.74) is -1.23. The van der Waals surface area contributed by atoms with Gasteiger partial charge in [-0.25, -0.2) is 0 Å². The fraction of sp³-hybridized carbons (Fsp3) is 0. The first kappa shape index (κ1) is 12.3. The largest absolute Gasteiger partial charge is 0.456 e. The van der Waals surface area contributed by atoms with Gasteiger partial charge in [-0.1, -0.05) is 139 Å². The molecule has 0 N–H and O–H groups in total. The average Bonchev–Trinajstić information content (AvgIpc) is 3.66. The Labute approximate surface area is 274 Å². The van der Waals surface area contributed by atoms with Gasteiger partial charge in [0.15, 0.2) is 0 Å². The van der Waals surface area contributed by atoms with Crippen LogP contribution in [-0.4, -0.2) is 0 Å². The van der Waals surface area contributed by atoms with Crippen LogP contribution in [-0.2, 0) is 0 Å². The summed E-state index contributed by atoms with van der Waals surface area (Å²) in [5, 5.41) is 0.617. The SMILES string of the molecule is [2H]c1c([2H])c([2H])c(-c2c([2H])c([2H])c([2H])c3oc4c([2H])c(-c5c6ccccc6c(-c6c([2H])c([2H])c([2H])c7c([2H])c([2H])c([2H])c([2H])c67)c6ccccc56)c([2H])c([2H])c4c23)c([2H])c1[2H]. The maximum atomic E-state index is 9.67. The number of fused-ring (bicyclic) bond motifs is 6. The van der Waals surface area contributed by atoms with Gasteiger partial charge in [-0.15, -0.1) is 0 Å². The van der Waals surface area contributed by atoms with E-state index in [9.17, 15) is 5.48 Å². The molecule has 0 aliphatic rings. The van der Waals surface area contributed by atoms with E-state index >= 15 is 0 Å². The Hall–Kier alpha value is -5.66. The quantitative estimate of drug-likeness (QED) is 0.195. The fourth-order valence-corrected chi connectivity index (χ4v) is 5.80. The molecule has 0 fully saturated rings. The van der Waals surface area contributed by atoms with Crippen LogP contribution < -0.4 is 0 Å². The highest BCUT2D eigenvalue weighted by molar-refractivity contribution is 6.24. The highest BCUT2D eigenvalue weighted by atomic mass is 16.3. The standard InChI is InChI=1S/C42H26O/c1-2-12-28(13-3-1)31-21-11-23-38-42(31)37-25-24-29(26-39(37)43-38)40-33-17-6-8-19-35(33)41(36-20-9-7-18-34(36)40)32-22-10-15-27-14-4-5-16-30(27)32/h1-26H/i1D,2D,3D,4D,5D,10D,11D,12D,13D,14D,15D,16D,21D,22D,23D,24D,25D,26D. The minimum absolute atomic E-state index is 0.0337. The lowest BCUT2D eigenvalue weighted by atomic mass is 9.84. The number of hydrogen-bond acceptors (Lipinski definition) is 1. The number of furan rings is 1. The van der Waals surface area contributed by atoms with Gasteiger partial charge in [0, 0.05) is 10.8 Å². The molecule has 0 saturated carbocycles. The first-order valence-electron chi connectivity index (χ1n) is 22.3. The summed E-state index contributed by atoms with van der Waals surface area (Å²) in [7, 11) is 0. The predicted molar refractivity (Wildman–Crippen MR) is 183 cm³/mol. The van der Waals surface area contributed by atoms with Crippen LogP contribution >= 0.6 is 0 Å². The van der Waals surface area contributed by atoms with E-state index in [1.54, 1.807) is 48.5 Å². The minimum atomic E-state index is -0.726. The van der Waals surface area contributed by atoms with E-state index in [1.807, 2.05) is 0 Å². The van der Waals surface area contributed by atoms with Crippen LogP contribution in [0.2, 0.25) is 0 Å². The molecule has 1 heteroatoms. The molecule has 1 nitrogen and oxygen atoms in total. The van der Waals surface area contributed by atoms with Crippen LogP contribution in [0.5, 0.6) is 0 Å². The Bertz CT molecular complexity index is 3420. The van der Waals surface area contributed by atoms with Crippen molar-refractivity contribution in [3.8, 4) is 33.4 Å². The van der Waals surface area contributed by atoms with Gasteiger partial charge in [0.2, 0.25) is 0 Å². The van der Waals surface area contributed by atoms with Crippen molar-refractivity contribution in [1.29, 1.82) is 0 Å². The molecular formula is C42H26O. The summed E-state index contributed by atoms with van der Waals surface area (Å²) in [6.45, 7) is 0. The predicted octanol–water partition coefficient (Wildman–Crippen LogP) is 12.0. The smallest absolute Gasteiger partial charge is 0.136 e. The molecular weight excluding hydrogens is 520 g/mol. The van der Waals surface area contributed by atoms with E-state index in [4.69, 9.17) is 23.6 Å². The molecule has 0 amide bonds. The van der Waals surface area contributed by atoms with Gasteiger partial charge in [-0.2, -0.15) is 0 Å². The lowest BCUT2D eigenvalue weighted by Crippen LogP contribution is -1.91. The third-order valence-corrected chi connectivity index (χ3v) is 7.57. The summed E-state index contributed by atoms with van der Waals surface area (Å²) >= 11 is 0. The number of benzene rings is 8. The maximum absolute atomic E-state index is 9.67. The lowest BCUT2D eigenvalue weighted by Gasteiger charge is -2.18. The first-order chi connectivity index (χ1) is 28.8. The number of rotatable bonds is 3. The molecule has 0 saturated heterocycles. The molecule has 0 atom stereocenters. The molecule has 9 rings (SSSR count). The lowest BCUT2D eigenvalue weighted by molar-refractivity contribution is 0.669. The Kier molecular flexibility index (Phi) is 2.70. The maximum Gasteiger partial charge on any atom is 0.136 e. The van der Waals surface area contributed by atoms with E-state index in [2.05, 4.69) is 0 Å². The van der Waals surface area contributed by atoms with E-state index in [1.165, 1.54) is 0 Å². The zero-order valence-corrected chi connectivity index (χ0v) is 22.0. The molecule has 0 aliphatic carbocycles. The van der Waals surface area contributed by atoms with Crippen molar-refractivity contribution in [3.05, 3.63) is 157 Å². The van der Waals surface area contributed by atoms with Crippen LogP contribution in [0, 0.1) is 0 Å². The van der Waals surface area contributed by atoms with Gasteiger partial charge in [0.1, 0.15) is 11.2 Å². The molecule has 8 aromatic carbocycles. The van der Waals surface area contributed by atoms with Crippen LogP contribution in [0.25, 0.3) is 87.6 Å². The normalized spacial score (nSPS) is 17.6. The van der Waals surface area contributed by atoms with Crippen molar-refractivity contribution in [2.24, 2.45) is 0 Å². The zero-order valence-electron chi connectivity index (χ0n) is 40.0. The van der Waals surface area contributed by atoms with Gasteiger partial charge in [0.05, 0.1) is 24.7 Å². The van der Waals surface area contributed by atoms with Gasteiger partial charge in [-0.05, 0) is 83.8 Å². The minimum Gasteiger partial charge on any atom is -0.456 e. The first-order valence-corrected chi connectivity index (χ1v) is 13.3. The van der Waals surface area contributed by atoms with E-state index in [-0.39, 0.29) is 49.4 Å². The van der Waals surface area contributed by atoms with E-state index in [0.29, 0.717) is 21.5 Å². The van der Waals surface area contributed by atoms with Crippen molar-refractivity contribution < 1.29 is 29.1 Å². The molecule has 0 bridgehead atoms. The van der Waals surface area contributed by atoms with Crippen molar-refractivity contribution in [1.82, 2.24) is 0 Å². The van der Waals surface area contributed by atoms with Crippen LogP contribution in [0.4, 0.5) is 0 Å². The molecule has 0 unspecified atom stereocenters. The Morgan fingerprint density at radius 2 is 1.05 bits per heavy atom. The summed E-state index contributed by atoms with van der Waals surface area (Å²) < 4.78 is 164. The number of hydrogen-bond donors (Lipinski definition) is 0. The monoisotopic (exact) mass is 564 g/mol. The van der Waals surface area contributed by atoms with Gasteiger partial charge in [0.25, 0.3) is 0 Å². The van der Waals surface area contributed by atoms with Crippen molar-refractivity contribution in [2.75, 3.05) is 0 Å². The second-order valence-corrected chi connectivity index (χ2v) is 9.85. The molecule has 1 aromatic heterocycles. The average molecular weight is 565 g/mol. The van der Waals surface area contributed by atoms with Crippen molar-refractivity contribution in [2.45, 2.75) is 0 Å². The summed E-state index contributed by atoms with van der Waals surface area (Å²) in [4.78, 5) is 0. The third kappa shape index (κ3) is 3.65. The van der Waals surface area contributed by atoms with Crippen LogP contribution in [0.3, 0.4) is 0 Å². The Morgan fingerprint density at radius 3 is 1.81 bits per heavy atom. The molecule has 0 spiro atoms. The summed E-state index contributed by atoms with van der Waals surface area (Å²) in [6, 6.07) is 2.49. The van der Waals surface area contributed by atoms with Crippen LogP contribution in [0.15, 0.2) is 162 Å². The highest BCUT2D eigenvalue weighted by Gasteiger charge is 2.19. The zero-order chi connectivity index (χ0) is 44.0. The highest BCUT2D eigenvalue weighted by Crippen LogP contribution is 2.46. The van der Waals surface area contributed by atoms with E-state index < -0.39 is 125 Å². The Morgan fingerprint density at radius 1 is 0.419 bits per heavy atom. The van der Waals surface area contributed by atoms with E-state index in [0.717, 1.165) is 0 Å². The molecule has 9 aromatic rings. The fourth-order valence-electron chi connectivity index (χ4n) is 5.80. The van der Waals surface area contributed by atoms with Gasteiger partial charge in [-0.3, -0.25) is 0 Å². The molecule has 0 aliphatic heterocycles. The molecule has 0 radical (unpaired) electrons. The van der Waals surface area contributed by atoms with Gasteiger partial charge < -0.3 is 4.42 Å². The second-order valence-electron chi connectivity index (χ2n) is 9.85. The topological polar surface area (TPSA) is 13.1 Å². The van der Waals surface area contributed by atoms with Gasteiger partial charge >= 0.3 is 0 Å². The summed E-state index contributed by atoms with van der Waals surface area (Å²) in [5.74, 6) is 0. The second kappa shape index (κ2) is 9.44. The molecule has 43 heavy (non-hydrogen) atoms. The summed E-state index contributed by atoms with van der Waals surface area (Å²) in [6.07, 6.45) is 0. The van der Waals surface area contributed by atoms with Crippen molar-refractivity contribution >= 4 is 54.3 Å². The van der Waals surface area contributed by atoms with Crippen molar-refractivity contribution in [3.63, 3.8) is 0 Å². The van der Waals surface area contributed by atoms with Crippen LogP contribution in [0.1, 0.15) is 24.7 Å². The Balaban J connectivity index is 1.46. The third-order valence-electron chi connectivity index (χ3n) is 7.57.